The van der Waals surface area contributed by atoms with Gasteiger partial charge >= 0.3 is 0 Å². The van der Waals surface area contributed by atoms with Gasteiger partial charge in [0, 0.05) is 26.2 Å². The first-order valence-corrected chi connectivity index (χ1v) is 9.76. The van der Waals surface area contributed by atoms with Crippen molar-refractivity contribution in [2.24, 2.45) is 0 Å². The molecule has 9 heteroatoms. The number of carbonyl (C=O) groups excluding carboxylic acids is 1. The Morgan fingerprint density at radius 2 is 1.71 bits per heavy atom. The molecular weight excluding hydrogens is 348 g/mol. The van der Waals surface area contributed by atoms with Gasteiger partial charge in [-0.05, 0) is 37.5 Å². The lowest BCUT2D eigenvalue weighted by molar-refractivity contribution is 0.0702. The number of nitrogens with zero attached hydrogens (tertiary/aromatic N) is 4. The van der Waals surface area contributed by atoms with Gasteiger partial charge in [-0.2, -0.15) is 4.31 Å². The van der Waals surface area contributed by atoms with Crippen LogP contribution in [0.25, 0.3) is 0 Å². The second-order valence-electron chi connectivity index (χ2n) is 5.70. The SMILES string of the molecule is Cc1ccc(S(=O)(=O)N2CCN(C(=O)c3snnc3C)CC2)cc1. The summed E-state index contributed by atoms with van der Waals surface area (Å²) in [5, 5.41) is 3.85. The highest BCUT2D eigenvalue weighted by Gasteiger charge is 2.31. The molecule has 128 valence electrons. The van der Waals surface area contributed by atoms with Crippen molar-refractivity contribution >= 4 is 27.5 Å². The molecule has 24 heavy (non-hydrogen) atoms. The number of rotatable bonds is 3. The molecule has 1 saturated heterocycles. The highest BCUT2D eigenvalue weighted by Crippen LogP contribution is 2.20. The van der Waals surface area contributed by atoms with E-state index in [1.807, 2.05) is 6.92 Å². The van der Waals surface area contributed by atoms with Crippen molar-refractivity contribution in [1.82, 2.24) is 18.8 Å². The van der Waals surface area contributed by atoms with Crippen molar-refractivity contribution in [3.8, 4) is 0 Å². The van der Waals surface area contributed by atoms with Crippen molar-refractivity contribution in [1.29, 1.82) is 0 Å². The molecule has 0 aliphatic carbocycles. The Morgan fingerprint density at radius 1 is 1.08 bits per heavy atom. The largest absolute Gasteiger partial charge is 0.335 e. The van der Waals surface area contributed by atoms with Gasteiger partial charge in [0.2, 0.25) is 10.0 Å². The van der Waals surface area contributed by atoms with E-state index in [4.69, 9.17) is 0 Å². The Bertz CT molecular complexity index is 838. The maximum atomic E-state index is 12.7. The van der Waals surface area contributed by atoms with Crippen molar-refractivity contribution in [2.45, 2.75) is 18.7 Å². The lowest BCUT2D eigenvalue weighted by Gasteiger charge is -2.33. The van der Waals surface area contributed by atoms with Crippen molar-refractivity contribution in [3.05, 3.63) is 40.4 Å². The molecule has 0 atom stereocenters. The summed E-state index contributed by atoms with van der Waals surface area (Å²) in [7, 11) is -3.52. The Kier molecular flexibility index (Phi) is 4.66. The third kappa shape index (κ3) is 3.19. The number of sulfonamides is 1. The second kappa shape index (κ2) is 6.58. The molecule has 2 heterocycles. The minimum Gasteiger partial charge on any atom is -0.335 e. The van der Waals surface area contributed by atoms with E-state index in [1.165, 1.54) is 4.31 Å². The molecule has 0 unspecified atom stereocenters. The number of hydrogen-bond donors (Lipinski definition) is 0. The molecule has 2 aromatic rings. The Hall–Kier alpha value is -1.84. The minimum absolute atomic E-state index is 0.130. The number of amides is 1. The summed E-state index contributed by atoms with van der Waals surface area (Å²) in [6.45, 7) is 4.95. The van der Waals surface area contributed by atoms with E-state index in [-0.39, 0.29) is 23.9 Å². The van der Waals surface area contributed by atoms with Gasteiger partial charge in [0.15, 0.2) is 0 Å². The van der Waals surface area contributed by atoms with Gasteiger partial charge in [0.1, 0.15) is 4.88 Å². The van der Waals surface area contributed by atoms with E-state index < -0.39 is 10.0 Å². The van der Waals surface area contributed by atoms with Crippen LogP contribution in [-0.2, 0) is 10.0 Å². The van der Waals surface area contributed by atoms with Gasteiger partial charge in [0.05, 0.1) is 10.6 Å². The van der Waals surface area contributed by atoms with Crippen LogP contribution in [0.4, 0.5) is 0 Å². The van der Waals surface area contributed by atoms with Crippen molar-refractivity contribution in [3.63, 3.8) is 0 Å². The molecule has 0 N–H and O–H groups in total. The molecule has 0 radical (unpaired) electrons. The van der Waals surface area contributed by atoms with Crippen LogP contribution in [-0.4, -0.2) is 59.3 Å². The van der Waals surface area contributed by atoms with Crippen LogP contribution in [0.3, 0.4) is 0 Å². The molecule has 0 bridgehead atoms. The van der Waals surface area contributed by atoms with Crippen LogP contribution in [0.5, 0.6) is 0 Å². The van der Waals surface area contributed by atoms with Crippen LogP contribution in [0.2, 0.25) is 0 Å². The number of hydrogen-bond acceptors (Lipinski definition) is 6. The zero-order chi connectivity index (χ0) is 17.3. The van der Waals surface area contributed by atoms with Crippen LogP contribution >= 0.6 is 11.5 Å². The maximum Gasteiger partial charge on any atom is 0.267 e. The van der Waals surface area contributed by atoms with Crippen LogP contribution in [0.15, 0.2) is 29.2 Å². The van der Waals surface area contributed by atoms with E-state index in [0.29, 0.717) is 23.7 Å². The Labute approximate surface area is 145 Å². The fraction of sp³-hybridized carbons (Fsp3) is 0.400. The van der Waals surface area contributed by atoms with E-state index in [9.17, 15) is 13.2 Å². The summed E-state index contributed by atoms with van der Waals surface area (Å²) in [6, 6.07) is 6.81. The lowest BCUT2D eigenvalue weighted by Crippen LogP contribution is -2.50. The fourth-order valence-corrected chi connectivity index (χ4v) is 4.61. The lowest BCUT2D eigenvalue weighted by atomic mass is 10.2. The number of piperazine rings is 1. The number of aromatic nitrogens is 2. The minimum atomic E-state index is -3.52. The summed E-state index contributed by atoms with van der Waals surface area (Å²) in [5.74, 6) is -0.130. The summed E-state index contributed by atoms with van der Waals surface area (Å²) in [4.78, 5) is 14.9. The van der Waals surface area contributed by atoms with Gasteiger partial charge in [-0.25, -0.2) is 8.42 Å². The first-order valence-electron chi connectivity index (χ1n) is 7.54. The van der Waals surface area contributed by atoms with Crippen LogP contribution in [0, 0.1) is 13.8 Å². The van der Waals surface area contributed by atoms with E-state index >= 15 is 0 Å². The highest BCUT2D eigenvalue weighted by molar-refractivity contribution is 7.89. The molecular formula is C15H18N4O3S2. The molecule has 1 fully saturated rings. The predicted octanol–water partition coefficient (Wildman–Crippen LogP) is 1.30. The zero-order valence-electron chi connectivity index (χ0n) is 13.5. The molecule has 7 nitrogen and oxygen atoms in total. The molecule has 1 aromatic heterocycles. The third-order valence-corrected chi connectivity index (χ3v) is 6.76. The van der Waals surface area contributed by atoms with Crippen LogP contribution in [0.1, 0.15) is 20.9 Å². The summed E-state index contributed by atoms with van der Waals surface area (Å²) in [5.41, 5.74) is 1.62. The molecule has 1 amide bonds. The standard InChI is InChI=1S/C15H18N4O3S2/c1-11-3-5-13(6-4-11)24(21,22)19-9-7-18(8-10-19)15(20)14-12(2)16-17-23-14/h3-6H,7-10H2,1-2H3. The summed E-state index contributed by atoms with van der Waals surface area (Å²) < 4.78 is 30.5. The average molecular weight is 366 g/mol. The topological polar surface area (TPSA) is 83.5 Å². The van der Waals surface area contributed by atoms with Crippen LogP contribution < -0.4 is 0 Å². The maximum absolute atomic E-state index is 12.7. The van der Waals surface area contributed by atoms with Gasteiger partial charge in [-0.15, -0.1) is 5.10 Å². The smallest absolute Gasteiger partial charge is 0.267 e. The zero-order valence-corrected chi connectivity index (χ0v) is 15.1. The van der Waals surface area contributed by atoms with E-state index in [1.54, 1.807) is 36.1 Å². The van der Waals surface area contributed by atoms with Gasteiger partial charge < -0.3 is 4.90 Å². The van der Waals surface area contributed by atoms with Gasteiger partial charge in [0.25, 0.3) is 5.91 Å². The van der Waals surface area contributed by atoms with Crippen molar-refractivity contribution in [2.75, 3.05) is 26.2 Å². The first-order chi connectivity index (χ1) is 11.4. The Balaban J connectivity index is 1.69. The number of aryl methyl sites for hydroxylation is 2. The number of benzene rings is 1. The molecule has 3 rings (SSSR count). The molecule has 1 aliphatic rings. The highest BCUT2D eigenvalue weighted by atomic mass is 32.2. The van der Waals surface area contributed by atoms with Gasteiger partial charge in [-0.3, -0.25) is 4.79 Å². The molecule has 1 aliphatic heterocycles. The summed E-state index contributed by atoms with van der Waals surface area (Å²) in [6.07, 6.45) is 0. The number of carbonyl (C=O) groups is 1. The van der Waals surface area contributed by atoms with Gasteiger partial charge in [-0.1, -0.05) is 22.2 Å². The molecule has 0 spiro atoms. The monoisotopic (exact) mass is 366 g/mol. The average Bonchev–Trinajstić information content (AvgIpc) is 3.01. The Morgan fingerprint density at radius 3 is 2.25 bits per heavy atom. The molecule has 0 saturated carbocycles. The van der Waals surface area contributed by atoms with E-state index in [2.05, 4.69) is 9.59 Å². The van der Waals surface area contributed by atoms with Crippen molar-refractivity contribution < 1.29 is 13.2 Å². The quantitative estimate of drug-likeness (QED) is 0.818. The fourth-order valence-electron chi connectivity index (χ4n) is 2.56. The molecule has 1 aromatic carbocycles. The second-order valence-corrected chi connectivity index (χ2v) is 8.39. The normalized spacial score (nSPS) is 16.3. The summed E-state index contributed by atoms with van der Waals surface area (Å²) >= 11 is 1.07. The third-order valence-electron chi connectivity index (χ3n) is 4.03. The van der Waals surface area contributed by atoms with E-state index in [0.717, 1.165) is 17.1 Å². The predicted molar refractivity (Wildman–Crippen MR) is 90.5 cm³/mol. The first kappa shape index (κ1) is 17.0.